The molecule has 1 aromatic rings. The zero-order chi connectivity index (χ0) is 18.0. The maximum absolute atomic E-state index is 11.5. The first-order chi connectivity index (χ1) is 11.9. The van der Waals surface area contributed by atoms with Crippen molar-refractivity contribution in [2.45, 2.75) is 51.2 Å². The highest BCUT2D eigenvalue weighted by Crippen LogP contribution is 2.35. The lowest BCUT2D eigenvalue weighted by Gasteiger charge is -2.41. The van der Waals surface area contributed by atoms with Crippen molar-refractivity contribution in [1.29, 1.82) is 0 Å². The van der Waals surface area contributed by atoms with E-state index < -0.39 is 5.60 Å². The van der Waals surface area contributed by atoms with Gasteiger partial charge in [0.05, 0.1) is 17.3 Å². The molecule has 3 rings (SSSR count). The van der Waals surface area contributed by atoms with Gasteiger partial charge < -0.3 is 15.3 Å². The monoisotopic (exact) mass is 347 g/mol. The van der Waals surface area contributed by atoms with E-state index >= 15 is 0 Å². The Bertz CT molecular complexity index is 628. The molecule has 0 bridgehead atoms. The van der Waals surface area contributed by atoms with Crippen molar-refractivity contribution in [3.8, 4) is 0 Å². The number of hydrogen-bond donors (Lipinski definition) is 2. The molecule has 7 nitrogen and oxygen atoms in total. The Morgan fingerprint density at radius 2 is 2.08 bits per heavy atom. The Hall–Kier alpha value is -1.73. The van der Waals surface area contributed by atoms with E-state index in [0.717, 1.165) is 36.7 Å². The van der Waals surface area contributed by atoms with Gasteiger partial charge in [-0.3, -0.25) is 9.69 Å². The lowest BCUT2D eigenvalue weighted by atomic mass is 9.90. The summed E-state index contributed by atoms with van der Waals surface area (Å²) in [5.41, 5.74) is 0.307. The van der Waals surface area contributed by atoms with Gasteiger partial charge in [-0.25, -0.2) is 9.97 Å². The molecule has 0 saturated carbocycles. The van der Waals surface area contributed by atoms with Gasteiger partial charge >= 0.3 is 0 Å². The van der Waals surface area contributed by atoms with Crippen LogP contribution in [0.4, 0.5) is 5.82 Å². The number of amides is 1. The number of anilines is 1. The predicted octanol–water partition coefficient (Wildman–Crippen LogP) is 1.34. The van der Waals surface area contributed by atoms with E-state index in [2.05, 4.69) is 20.2 Å². The molecular formula is C18H29N5O2. The molecular weight excluding hydrogens is 318 g/mol. The molecule has 0 spiro atoms. The van der Waals surface area contributed by atoms with Crippen LogP contribution in [0.1, 0.15) is 50.2 Å². The highest BCUT2D eigenvalue weighted by atomic mass is 16.3. The number of β-amino-alcohol motifs (C(OH)–C–C–N with tert-alkyl or cyclic N) is 1. The van der Waals surface area contributed by atoms with Crippen molar-refractivity contribution in [3.05, 3.63) is 17.6 Å². The highest BCUT2D eigenvalue weighted by molar-refractivity contribution is 5.73. The van der Waals surface area contributed by atoms with Crippen molar-refractivity contribution >= 4 is 11.7 Å². The van der Waals surface area contributed by atoms with Crippen LogP contribution in [0.5, 0.6) is 0 Å². The van der Waals surface area contributed by atoms with Crippen LogP contribution in [0.2, 0.25) is 0 Å². The smallest absolute Gasteiger partial charge is 0.219 e. The Morgan fingerprint density at radius 1 is 1.36 bits per heavy atom. The summed E-state index contributed by atoms with van der Waals surface area (Å²) in [4.78, 5) is 24.7. The third-order valence-electron chi connectivity index (χ3n) is 5.46. The van der Waals surface area contributed by atoms with Crippen LogP contribution < -0.4 is 5.32 Å². The number of aromatic nitrogens is 2. The van der Waals surface area contributed by atoms with Crippen molar-refractivity contribution in [3.63, 3.8) is 0 Å². The number of likely N-dealkylation sites (tertiary alicyclic amines) is 2. The van der Waals surface area contributed by atoms with Crippen LogP contribution >= 0.6 is 0 Å². The predicted molar refractivity (Wildman–Crippen MR) is 96.3 cm³/mol. The zero-order valence-electron chi connectivity index (χ0n) is 15.5. The second kappa shape index (κ2) is 7.25. The maximum Gasteiger partial charge on any atom is 0.219 e. The third kappa shape index (κ3) is 4.10. The van der Waals surface area contributed by atoms with Crippen LogP contribution in [0.3, 0.4) is 0 Å². The average molecular weight is 347 g/mol. The Labute approximate surface area is 149 Å². The summed E-state index contributed by atoms with van der Waals surface area (Å²) < 4.78 is 0. The summed E-state index contributed by atoms with van der Waals surface area (Å²) in [6.07, 6.45) is 3.44. The van der Waals surface area contributed by atoms with Gasteiger partial charge in [0.15, 0.2) is 0 Å². The molecule has 1 atom stereocenters. The molecule has 0 aliphatic carbocycles. The molecule has 25 heavy (non-hydrogen) atoms. The first-order valence-electron chi connectivity index (χ1n) is 9.15. The van der Waals surface area contributed by atoms with E-state index in [1.54, 1.807) is 6.92 Å². The molecule has 7 heteroatoms. The summed E-state index contributed by atoms with van der Waals surface area (Å²) in [6, 6.07) is 2.24. The van der Waals surface area contributed by atoms with Gasteiger partial charge in [0.1, 0.15) is 11.6 Å². The Kier molecular flexibility index (Phi) is 5.24. The van der Waals surface area contributed by atoms with Gasteiger partial charge in [0, 0.05) is 39.7 Å². The van der Waals surface area contributed by atoms with Crippen LogP contribution in [0, 0.1) is 6.92 Å². The lowest BCUT2D eigenvalue weighted by Crippen LogP contribution is -2.51. The molecule has 1 amide bonds. The lowest BCUT2D eigenvalue weighted by molar-refractivity contribution is -0.133. The Balaban J connectivity index is 1.70. The van der Waals surface area contributed by atoms with Crippen LogP contribution in [0.15, 0.2) is 6.07 Å². The largest absolute Gasteiger partial charge is 0.388 e. The number of aryl methyl sites for hydroxylation is 1. The number of hydrogen-bond acceptors (Lipinski definition) is 6. The fraction of sp³-hybridized carbons (Fsp3) is 0.722. The van der Waals surface area contributed by atoms with Crippen LogP contribution in [0.25, 0.3) is 0 Å². The minimum Gasteiger partial charge on any atom is -0.388 e. The molecule has 1 aromatic heterocycles. The summed E-state index contributed by atoms with van der Waals surface area (Å²) in [7, 11) is 1.86. The third-order valence-corrected chi connectivity index (χ3v) is 5.46. The van der Waals surface area contributed by atoms with E-state index in [1.807, 2.05) is 24.9 Å². The van der Waals surface area contributed by atoms with E-state index in [1.165, 1.54) is 0 Å². The first-order valence-corrected chi connectivity index (χ1v) is 9.15. The molecule has 2 aliphatic rings. The summed E-state index contributed by atoms with van der Waals surface area (Å²) >= 11 is 0. The topological polar surface area (TPSA) is 81.6 Å². The molecule has 138 valence electrons. The van der Waals surface area contributed by atoms with Crippen LogP contribution in [-0.2, 0) is 4.79 Å². The van der Waals surface area contributed by atoms with Crippen molar-refractivity contribution in [1.82, 2.24) is 19.8 Å². The minimum atomic E-state index is -0.720. The molecule has 2 saturated heterocycles. The average Bonchev–Trinajstić information content (AvgIpc) is 3.02. The summed E-state index contributed by atoms with van der Waals surface area (Å²) in [6.45, 7) is 6.40. The number of piperidine rings is 1. The van der Waals surface area contributed by atoms with Gasteiger partial charge in [-0.05, 0) is 39.2 Å². The first kappa shape index (κ1) is 18.1. The molecule has 0 aromatic carbocycles. The number of nitrogens with one attached hydrogen (secondary N) is 1. The fourth-order valence-corrected chi connectivity index (χ4v) is 4.01. The van der Waals surface area contributed by atoms with E-state index in [9.17, 15) is 9.90 Å². The SMILES string of the molecule is CNc1cc(C2CCCN2CC2(O)CCN(C(C)=O)CC2)nc(C)n1. The molecule has 2 N–H and O–H groups in total. The number of rotatable bonds is 4. The highest BCUT2D eigenvalue weighted by Gasteiger charge is 2.38. The van der Waals surface area contributed by atoms with Gasteiger partial charge in [0.2, 0.25) is 5.91 Å². The molecule has 1 unspecified atom stereocenters. The molecule has 2 fully saturated rings. The normalized spacial score (nSPS) is 23.7. The number of aliphatic hydroxyl groups is 1. The van der Waals surface area contributed by atoms with E-state index in [4.69, 9.17) is 0 Å². The van der Waals surface area contributed by atoms with Gasteiger partial charge in [-0.2, -0.15) is 0 Å². The second-order valence-corrected chi connectivity index (χ2v) is 7.33. The summed E-state index contributed by atoms with van der Waals surface area (Å²) in [5.74, 6) is 1.70. The van der Waals surface area contributed by atoms with Crippen molar-refractivity contribution < 1.29 is 9.90 Å². The van der Waals surface area contributed by atoms with Crippen LogP contribution in [-0.4, -0.2) is 69.6 Å². The quantitative estimate of drug-likeness (QED) is 0.855. The standard InChI is InChI=1S/C18H29N5O2/c1-13-20-15(11-17(19-3)21-13)16-5-4-8-23(16)12-18(25)6-9-22(10-7-18)14(2)24/h11,16,25H,4-10,12H2,1-3H3,(H,19,20,21). The zero-order valence-corrected chi connectivity index (χ0v) is 15.5. The second-order valence-electron chi connectivity index (χ2n) is 7.33. The number of carbonyl (C=O) groups is 1. The number of nitrogens with zero attached hydrogens (tertiary/aromatic N) is 4. The van der Waals surface area contributed by atoms with Gasteiger partial charge in [-0.15, -0.1) is 0 Å². The fourth-order valence-electron chi connectivity index (χ4n) is 4.01. The molecule has 0 radical (unpaired) electrons. The maximum atomic E-state index is 11.5. The van der Waals surface area contributed by atoms with Crippen molar-refractivity contribution in [2.75, 3.05) is 38.5 Å². The van der Waals surface area contributed by atoms with E-state index in [0.29, 0.717) is 32.5 Å². The number of carbonyl (C=O) groups excluding carboxylic acids is 1. The minimum absolute atomic E-state index is 0.0946. The van der Waals surface area contributed by atoms with Gasteiger partial charge in [-0.1, -0.05) is 0 Å². The Morgan fingerprint density at radius 3 is 2.72 bits per heavy atom. The van der Waals surface area contributed by atoms with E-state index in [-0.39, 0.29) is 11.9 Å². The molecule has 2 aliphatic heterocycles. The van der Waals surface area contributed by atoms with Crippen molar-refractivity contribution in [2.24, 2.45) is 0 Å². The summed E-state index contributed by atoms with van der Waals surface area (Å²) in [5, 5.41) is 14.1. The molecule has 3 heterocycles. The van der Waals surface area contributed by atoms with Gasteiger partial charge in [0.25, 0.3) is 0 Å².